The highest BCUT2D eigenvalue weighted by molar-refractivity contribution is 6.58. The van der Waals surface area contributed by atoms with Gasteiger partial charge >= 0.3 is 5.97 Å². The molecule has 0 atom stereocenters. The second kappa shape index (κ2) is 7.59. The molecule has 0 aliphatic carbocycles. The Morgan fingerprint density at radius 2 is 1.81 bits per heavy atom. The zero-order valence-electron chi connectivity index (χ0n) is 10.6. The number of rotatable bonds is 8. The predicted octanol–water partition coefficient (Wildman–Crippen LogP) is 1.51. The molecule has 0 aliphatic heterocycles. The lowest BCUT2D eigenvalue weighted by Crippen LogP contribution is -2.52. The first-order valence-electron chi connectivity index (χ1n) is 5.59. The normalized spacial score (nSPS) is 11.6. The molecular formula is C11H22O4Si. The van der Waals surface area contributed by atoms with Gasteiger partial charge in [0.1, 0.15) is 15.4 Å². The van der Waals surface area contributed by atoms with Crippen LogP contribution in [0.4, 0.5) is 0 Å². The fraction of sp³-hybridized carbons (Fsp3) is 0.727. The number of esters is 1. The number of ether oxygens (including phenoxy) is 3. The molecule has 0 saturated heterocycles. The lowest BCUT2D eigenvalue weighted by atomic mass is 10.6. The highest BCUT2D eigenvalue weighted by Gasteiger charge is 2.37. The smallest absolute Gasteiger partial charge is 0.330 e. The monoisotopic (exact) mass is 246 g/mol. The molecule has 0 N–H and O–H groups in total. The second-order valence-corrected chi connectivity index (χ2v) is 6.83. The second-order valence-electron chi connectivity index (χ2n) is 3.64. The van der Waals surface area contributed by atoms with Gasteiger partial charge in [-0.15, -0.1) is 0 Å². The first-order valence-corrected chi connectivity index (χ1v) is 8.48. The molecule has 16 heavy (non-hydrogen) atoms. The lowest BCUT2D eigenvalue weighted by Gasteiger charge is -2.35. The van der Waals surface area contributed by atoms with Gasteiger partial charge in [-0.25, -0.2) is 4.79 Å². The van der Waals surface area contributed by atoms with Crippen molar-refractivity contribution in [2.45, 2.75) is 32.4 Å². The maximum atomic E-state index is 11.1. The van der Waals surface area contributed by atoms with Crippen molar-refractivity contribution in [1.82, 2.24) is 0 Å². The fourth-order valence-electron chi connectivity index (χ4n) is 1.34. The number of hydrogen-bond donors (Lipinski definition) is 0. The van der Waals surface area contributed by atoms with Crippen molar-refractivity contribution in [3.63, 3.8) is 0 Å². The van der Waals surface area contributed by atoms with Crippen molar-refractivity contribution in [3.05, 3.63) is 12.7 Å². The van der Waals surface area contributed by atoms with Gasteiger partial charge in [-0.05, 0) is 13.8 Å². The molecule has 4 nitrogen and oxygen atoms in total. The van der Waals surface area contributed by atoms with Gasteiger partial charge in [0.05, 0.1) is 0 Å². The number of carbonyl (C=O) groups excluding carboxylic acids is 1. The van der Waals surface area contributed by atoms with Gasteiger partial charge in [0.25, 0.3) is 0 Å². The van der Waals surface area contributed by atoms with E-state index in [1.54, 1.807) is 0 Å². The molecule has 0 spiro atoms. The molecule has 5 heteroatoms. The average Bonchev–Trinajstić information content (AvgIpc) is 2.25. The van der Waals surface area contributed by atoms with E-state index in [2.05, 4.69) is 19.7 Å². The van der Waals surface area contributed by atoms with E-state index in [9.17, 15) is 4.79 Å². The van der Waals surface area contributed by atoms with Crippen LogP contribution in [0.3, 0.4) is 0 Å². The molecule has 0 saturated carbocycles. The van der Waals surface area contributed by atoms with Crippen LogP contribution < -0.4 is 0 Å². The third-order valence-electron chi connectivity index (χ3n) is 2.24. The molecule has 0 heterocycles. The van der Waals surface area contributed by atoms with Crippen LogP contribution in [0.25, 0.3) is 0 Å². The third-order valence-corrected chi connectivity index (χ3v) is 4.50. The lowest BCUT2D eigenvalue weighted by molar-refractivity contribution is -0.207. The molecule has 0 fully saturated rings. The molecule has 0 bridgehead atoms. The molecule has 0 radical (unpaired) electrons. The Labute approximate surface area is 99.2 Å². The summed E-state index contributed by atoms with van der Waals surface area (Å²) in [5, 5.41) is 0. The van der Waals surface area contributed by atoms with Gasteiger partial charge in [0.2, 0.25) is 0 Å². The molecule has 94 valence electrons. The highest BCUT2D eigenvalue weighted by Crippen LogP contribution is 2.18. The van der Waals surface area contributed by atoms with Gasteiger partial charge in [0.15, 0.2) is 5.41 Å². The molecule has 0 unspecified atom stereocenters. The Bertz CT molecular complexity index is 222. The molecule has 0 amide bonds. The minimum atomic E-state index is -1.28. The summed E-state index contributed by atoms with van der Waals surface area (Å²) in [6.45, 7) is 12.6. The Morgan fingerprint density at radius 1 is 1.31 bits per heavy atom. The van der Waals surface area contributed by atoms with Crippen LogP contribution in [0.1, 0.15) is 13.8 Å². The van der Waals surface area contributed by atoms with Crippen molar-refractivity contribution >= 4 is 14.8 Å². The molecule has 0 aromatic carbocycles. The predicted molar refractivity (Wildman–Crippen MR) is 66.0 cm³/mol. The van der Waals surface area contributed by atoms with E-state index >= 15 is 0 Å². The minimum absolute atomic E-state index is 0.142. The quantitative estimate of drug-likeness (QED) is 0.282. The van der Waals surface area contributed by atoms with Crippen LogP contribution in [0.15, 0.2) is 12.7 Å². The van der Waals surface area contributed by atoms with E-state index in [1.807, 2.05) is 13.8 Å². The Hall–Kier alpha value is -0.653. The standard InChI is InChI=1S/C11H22O4Si/c1-6-10(12)13-9-11(14-7-2,15-8-3)16(4)5/h6,16H,1,7-9H2,2-5H3. The van der Waals surface area contributed by atoms with Crippen molar-refractivity contribution < 1.29 is 19.0 Å². The molecule has 0 aromatic rings. The van der Waals surface area contributed by atoms with E-state index in [0.717, 1.165) is 6.08 Å². The molecule has 0 rings (SSSR count). The molecule has 0 aromatic heterocycles. The average molecular weight is 246 g/mol. The van der Waals surface area contributed by atoms with Gasteiger partial charge in [-0.2, -0.15) is 0 Å². The SMILES string of the molecule is C=CC(=O)OCC(OCC)(OCC)[SiH](C)C. The number of hydrogen-bond acceptors (Lipinski definition) is 4. The molecular weight excluding hydrogens is 224 g/mol. The van der Waals surface area contributed by atoms with Crippen LogP contribution in [0.5, 0.6) is 0 Å². The summed E-state index contributed by atoms with van der Waals surface area (Å²) in [4.78, 5) is 11.1. The van der Waals surface area contributed by atoms with Gasteiger partial charge in [-0.3, -0.25) is 0 Å². The zero-order valence-corrected chi connectivity index (χ0v) is 11.8. The van der Waals surface area contributed by atoms with Crippen LogP contribution >= 0.6 is 0 Å². The summed E-state index contributed by atoms with van der Waals surface area (Å²) in [5.41, 5.74) is -0.720. The Balaban J connectivity index is 4.59. The van der Waals surface area contributed by atoms with Crippen molar-refractivity contribution in [2.24, 2.45) is 0 Å². The van der Waals surface area contributed by atoms with Gasteiger partial charge in [0, 0.05) is 19.3 Å². The van der Waals surface area contributed by atoms with Crippen LogP contribution in [0.2, 0.25) is 13.1 Å². The summed E-state index contributed by atoms with van der Waals surface area (Å²) in [7, 11) is -1.28. The van der Waals surface area contributed by atoms with Gasteiger partial charge < -0.3 is 14.2 Å². The van der Waals surface area contributed by atoms with Crippen molar-refractivity contribution in [1.29, 1.82) is 0 Å². The first kappa shape index (κ1) is 15.3. The van der Waals surface area contributed by atoms with E-state index in [0.29, 0.717) is 13.2 Å². The summed E-state index contributed by atoms with van der Waals surface area (Å²) in [6, 6.07) is 0. The summed E-state index contributed by atoms with van der Waals surface area (Å²) in [5.74, 6) is -0.446. The Kier molecular flexibility index (Phi) is 7.28. The van der Waals surface area contributed by atoms with E-state index in [4.69, 9.17) is 14.2 Å². The van der Waals surface area contributed by atoms with Gasteiger partial charge in [-0.1, -0.05) is 19.7 Å². The summed E-state index contributed by atoms with van der Waals surface area (Å²) < 4.78 is 16.4. The topological polar surface area (TPSA) is 44.8 Å². The fourth-order valence-corrected chi connectivity index (χ4v) is 2.76. The van der Waals surface area contributed by atoms with Crippen LogP contribution in [-0.4, -0.2) is 40.0 Å². The zero-order chi connectivity index (χ0) is 12.6. The first-order chi connectivity index (χ1) is 7.52. The maximum absolute atomic E-state index is 11.1. The van der Waals surface area contributed by atoms with Crippen LogP contribution in [-0.2, 0) is 19.0 Å². The largest absolute Gasteiger partial charge is 0.457 e. The maximum Gasteiger partial charge on any atom is 0.330 e. The third kappa shape index (κ3) is 4.47. The van der Waals surface area contributed by atoms with Crippen molar-refractivity contribution in [2.75, 3.05) is 19.8 Å². The molecule has 0 aliphatic rings. The van der Waals surface area contributed by atoms with Crippen molar-refractivity contribution in [3.8, 4) is 0 Å². The number of carbonyl (C=O) groups is 1. The summed E-state index contributed by atoms with van der Waals surface area (Å²) in [6.07, 6.45) is 1.14. The minimum Gasteiger partial charge on any atom is -0.457 e. The van der Waals surface area contributed by atoms with E-state index in [1.165, 1.54) is 0 Å². The van der Waals surface area contributed by atoms with E-state index < -0.39 is 20.2 Å². The van der Waals surface area contributed by atoms with Crippen LogP contribution in [0, 0.1) is 0 Å². The highest BCUT2D eigenvalue weighted by atomic mass is 28.3. The van der Waals surface area contributed by atoms with E-state index in [-0.39, 0.29) is 6.61 Å². The Morgan fingerprint density at radius 3 is 2.12 bits per heavy atom. The summed E-state index contributed by atoms with van der Waals surface area (Å²) >= 11 is 0.